The zero-order chi connectivity index (χ0) is 10.5. The fourth-order valence-electron chi connectivity index (χ4n) is 1.70. The molecular weight excluding hydrogens is 265 g/mol. The summed E-state index contributed by atoms with van der Waals surface area (Å²) >= 11 is 9.40. The Kier molecular flexibility index (Phi) is 2.32. The highest BCUT2D eigenvalue weighted by atomic mass is 79.9. The van der Waals surface area contributed by atoms with Gasteiger partial charge in [-0.25, -0.2) is 0 Å². The number of hydrogen-bond donors (Lipinski definition) is 0. The van der Waals surface area contributed by atoms with Crippen molar-refractivity contribution in [2.45, 2.75) is 13.5 Å². The number of fused-ring (bicyclic) bond motifs is 1. The molecule has 0 atom stereocenters. The van der Waals surface area contributed by atoms with E-state index in [-0.39, 0.29) is 5.91 Å². The number of amides is 1. The van der Waals surface area contributed by atoms with Crippen molar-refractivity contribution in [2.24, 2.45) is 0 Å². The summed E-state index contributed by atoms with van der Waals surface area (Å²) in [7, 11) is 1.79. The van der Waals surface area contributed by atoms with E-state index in [4.69, 9.17) is 11.6 Å². The molecule has 0 spiro atoms. The van der Waals surface area contributed by atoms with Crippen LogP contribution in [-0.4, -0.2) is 17.9 Å². The Balaban J connectivity index is 2.73. The van der Waals surface area contributed by atoms with Crippen LogP contribution in [0.2, 0.25) is 5.02 Å². The lowest BCUT2D eigenvalue weighted by atomic mass is 10.0. The van der Waals surface area contributed by atoms with E-state index in [1.165, 1.54) is 0 Å². The first-order valence-corrected chi connectivity index (χ1v) is 5.42. The van der Waals surface area contributed by atoms with Gasteiger partial charge in [-0.2, -0.15) is 0 Å². The summed E-state index contributed by atoms with van der Waals surface area (Å²) in [5, 5.41) is 0.707. The number of halogens is 2. The predicted molar refractivity (Wildman–Crippen MR) is 59.7 cm³/mol. The fraction of sp³-hybridized carbons (Fsp3) is 0.300. The molecule has 1 heterocycles. The van der Waals surface area contributed by atoms with E-state index in [2.05, 4.69) is 15.9 Å². The molecule has 74 valence electrons. The molecule has 14 heavy (non-hydrogen) atoms. The zero-order valence-electron chi connectivity index (χ0n) is 7.90. The standard InChI is InChI=1S/C10H9BrClNO/c1-5-6-4-13(2)10(14)9(6)7(11)3-8(5)12/h3H,4H2,1-2H3. The number of carbonyl (C=O) groups is 1. The van der Waals surface area contributed by atoms with Gasteiger partial charge in [0.1, 0.15) is 0 Å². The molecule has 1 aromatic carbocycles. The van der Waals surface area contributed by atoms with E-state index in [9.17, 15) is 4.79 Å². The van der Waals surface area contributed by atoms with Crippen LogP contribution < -0.4 is 0 Å². The van der Waals surface area contributed by atoms with E-state index in [0.717, 1.165) is 21.2 Å². The molecule has 2 nitrogen and oxygen atoms in total. The topological polar surface area (TPSA) is 20.3 Å². The molecule has 0 aromatic heterocycles. The van der Waals surface area contributed by atoms with E-state index in [0.29, 0.717) is 11.6 Å². The van der Waals surface area contributed by atoms with Crippen LogP contribution in [0, 0.1) is 6.92 Å². The van der Waals surface area contributed by atoms with Gasteiger partial charge >= 0.3 is 0 Å². The van der Waals surface area contributed by atoms with Gasteiger partial charge in [0.15, 0.2) is 0 Å². The minimum atomic E-state index is 0.0617. The van der Waals surface area contributed by atoms with Crippen LogP contribution in [-0.2, 0) is 6.54 Å². The van der Waals surface area contributed by atoms with E-state index in [1.807, 2.05) is 6.92 Å². The Bertz CT molecular complexity index is 431. The summed E-state index contributed by atoms with van der Waals surface area (Å²) in [5.74, 6) is 0.0617. The van der Waals surface area contributed by atoms with Gasteiger partial charge in [0.2, 0.25) is 0 Å². The maximum atomic E-state index is 11.7. The van der Waals surface area contributed by atoms with Crippen LogP contribution in [0.5, 0.6) is 0 Å². The van der Waals surface area contributed by atoms with Crippen molar-refractivity contribution in [3.8, 4) is 0 Å². The van der Waals surface area contributed by atoms with Gasteiger partial charge in [-0.05, 0) is 40.0 Å². The first kappa shape index (κ1) is 9.99. The van der Waals surface area contributed by atoms with Gasteiger partial charge in [-0.15, -0.1) is 0 Å². The average Bonchev–Trinajstić information content (AvgIpc) is 2.40. The van der Waals surface area contributed by atoms with Crippen molar-refractivity contribution in [1.29, 1.82) is 0 Å². The molecule has 0 fully saturated rings. The molecule has 0 saturated heterocycles. The van der Waals surface area contributed by atoms with Crippen molar-refractivity contribution >= 4 is 33.4 Å². The minimum absolute atomic E-state index is 0.0617. The van der Waals surface area contributed by atoms with E-state index in [1.54, 1.807) is 18.0 Å². The Morgan fingerprint density at radius 2 is 2.21 bits per heavy atom. The zero-order valence-corrected chi connectivity index (χ0v) is 10.2. The van der Waals surface area contributed by atoms with Gasteiger partial charge in [0.05, 0.1) is 5.56 Å². The highest BCUT2D eigenvalue weighted by Gasteiger charge is 2.29. The second-order valence-corrected chi connectivity index (χ2v) is 4.74. The summed E-state index contributed by atoms with van der Waals surface area (Å²) in [6.07, 6.45) is 0. The number of carbonyl (C=O) groups excluding carboxylic acids is 1. The number of nitrogens with zero attached hydrogens (tertiary/aromatic N) is 1. The van der Waals surface area contributed by atoms with Crippen molar-refractivity contribution in [2.75, 3.05) is 7.05 Å². The third-order valence-corrected chi connectivity index (χ3v) is 3.58. The van der Waals surface area contributed by atoms with Gasteiger partial charge in [-0.3, -0.25) is 4.79 Å². The lowest BCUT2D eigenvalue weighted by Crippen LogP contribution is -2.17. The third kappa shape index (κ3) is 1.27. The molecule has 0 bridgehead atoms. The highest BCUT2D eigenvalue weighted by Crippen LogP contribution is 2.35. The Hall–Kier alpha value is -0.540. The molecule has 0 unspecified atom stereocenters. The molecule has 0 aliphatic carbocycles. The number of rotatable bonds is 0. The molecule has 1 amide bonds. The summed E-state index contributed by atoms with van der Waals surface area (Å²) in [4.78, 5) is 13.4. The van der Waals surface area contributed by atoms with Crippen LogP contribution >= 0.6 is 27.5 Å². The molecule has 4 heteroatoms. The SMILES string of the molecule is Cc1c(Cl)cc(Br)c2c1CN(C)C2=O. The summed E-state index contributed by atoms with van der Waals surface area (Å²) in [6.45, 7) is 2.60. The maximum Gasteiger partial charge on any atom is 0.255 e. The van der Waals surface area contributed by atoms with Crippen molar-refractivity contribution in [3.63, 3.8) is 0 Å². The monoisotopic (exact) mass is 273 g/mol. The van der Waals surface area contributed by atoms with Crippen molar-refractivity contribution < 1.29 is 4.79 Å². The molecule has 0 radical (unpaired) electrons. The molecule has 1 aliphatic heterocycles. The normalized spacial score (nSPS) is 14.9. The minimum Gasteiger partial charge on any atom is -0.337 e. The molecule has 0 saturated carbocycles. The Morgan fingerprint density at radius 1 is 1.57 bits per heavy atom. The van der Waals surface area contributed by atoms with Crippen LogP contribution in [0.15, 0.2) is 10.5 Å². The van der Waals surface area contributed by atoms with Crippen LogP contribution in [0.25, 0.3) is 0 Å². The maximum absolute atomic E-state index is 11.7. The first-order valence-electron chi connectivity index (χ1n) is 4.25. The smallest absolute Gasteiger partial charge is 0.255 e. The summed E-state index contributed by atoms with van der Waals surface area (Å²) in [6, 6.07) is 1.78. The fourth-order valence-corrected chi connectivity index (χ4v) is 2.69. The molecule has 2 rings (SSSR count). The molecule has 1 aliphatic rings. The van der Waals surface area contributed by atoms with Crippen LogP contribution in [0.3, 0.4) is 0 Å². The number of hydrogen-bond acceptors (Lipinski definition) is 1. The van der Waals surface area contributed by atoms with Gasteiger partial charge in [0, 0.05) is 23.1 Å². The van der Waals surface area contributed by atoms with Crippen LogP contribution in [0.1, 0.15) is 21.5 Å². The largest absolute Gasteiger partial charge is 0.337 e. The average molecular weight is 275 g/mol. The Morgan fingerprint density at radius 3 is 2.86 bits per heavy atom. The van der Waals surface area contributed by atoms with Gasteiger partial charge < -0.3 is 4.90 Å². The van der Waals surface area contributed by atoms with Gasteiger partial charge in [-0.1, -0.05) is 11.6 Å². The Labute approximate surface area is 96.0 Å². The lowest BCUT2D eigenvalue weighted by Gasteiger charge is -2.05. The summed E-state index contributed by atoms with van der Waals surface area (Å²) in [5.41, 5.74) is 2.80. The van der Waals surface area contributed by atoms with Crippen LogP contribution in [0.4, 0.5) is 0 Å². The van der Waals surface area contributed by atoms with Gasteiger partial charge in [0.25, 0.3) is 5.91 Å². The van der Waals surface area contributed by atoms with Crippen molar-refractivity contribution in [3.05, 3.63) is 32.3 Å². The second kappa shape index (κ2) is 3.24. The number of benzene rings is 1. The highest BCUT2D eigenvalue weighted by molar-refractivity contribution is 9.10. The third-order valence-electron chi connectivity index (χ3n) is 2.56. The molecular formula is C10H9BrClNO. The predicted octanol–water partition coefficient (Wildman–Crippen LogP) is 3.00. The lowest BCUT2D eigenvalue weighted by molar-refractivity contribution is 0.0816. The van der Waals surface area contributed by atoms with Crippen molar-refractivity contribution in [1.82, 2.24) is 4.90 Å². The summed E-state index contributed by atoms with van der Waals surface area (Å²) < 4.78 is 0.789. The quantitative estimate of drug-likeness (QED) is 0.712. The first-order chi connectivity index (χ1) is 6.52. The second-order valence-electron chi connectivity index (χ2n) is 3.48. The molecule has 1 aromatic rings. The van der Waals surface area contributed by atoms with E-state index >= 15 is 0 Å². The van der Waals surface area contributed by atoms with E-state index < -0.39 is 0 Å². The molecule has 0 N–H and O–H groups in total.